The summed E-state index contributed by atoms with van der Waals surface area (Å²) in [6, 6.07) is 10.2. The van der Waals surface area contributed by atoms with E-state index in [1.807, 2.05) is 19.1 Å². The molecule has 6 nitrogen and oxygen atoms in total. The number of rotatable bonds is 6. The fourth-order valence-electron chi connectivity index (χ4n) is 1.91. The molecule has 0 aromatic heterocycles. The number of halogens is 1. The van der Waals surface area contributed by atoms with E-state index in [0.717, 1.165) is 30.2 Å². The second-order valence-electron chi connectivity index (χ2n) is 4.76. The lowest BCUT2D eigenvalue weighted by molar-refractivity contribution is -0.384. The van der Waals surface area contributed by atoms with Crippen LogP contribution in [-0.2, 0) is 11.2 Å². The Kier molecular flexibility index (Phi) is 5.24. The molecular formula is C16H15FN2O4. The highest BCUT2D eigenvalue weighted by Crippen LogP contribution is 2.21. The summed E-state index contributed by atoms with van der Waals surface area (Å²) in [5.41, 5.74) is 0.501. The van der Waals surface area contributed by atoms with Crippen LogP contribution in [0.5, 0.6) is 5.75 Å². The lowest BCUT2D eigenvalue weighted by Gasteiger charge is -2.09. The molecule has 0 saturated carbocycles. The van der Waals surface area contributed by atoms with Gasteiger partial charge >= 0.3 is 0 Å². The third-order valence-corrected chi connectivity index (χ3v) is 3.11. The number of hydrogen-bond acceptors (Lipinski definition) is 4. The Balaban J connectivity index is 1.99. The Hall–Kier alpha value is -2.96. The van der Waals surface area contributed by atoms with Gasteiger partial charge in [0.15, 0.2) is 6.61 Å². The van der Waals surface area contributed by atoms with Crippen LogP contribution in [0.25, 0.3) is 0 Å². The predicted octanol–water partition coefficient (Wildman–Crippen LogP) is 3.31. The standard InChI is InChI=1S/C16H15FN2O4/c1-2-11-4-3-5-13(8-11)23-10-16(20)18-15-9-12(19(21)22)6-7-14(15)17/h3-9H,2,10H2,1H3,(H,18,20). The first-order chi connectivity index (χ1) is 11.0. The smallest absolute Gasteiger partial charge is 0.271 e. The molecular weight excluding hydrogens is 303 g/mol. The first-order valence-corrected chi connectivity index (χ1v) is 6.95. The topological polar surface area (TPSA) is 81.5 Å². The highest BCUT2D eigenvalue weighted by atomic mass is 19.1. The molecule has 2 aromatic carbocycles. The van der Waals surface area contributed by atoms with Gasteiger partial charge < -0.3 is 10.1 Å². The number of aryl methyl sites for hydroxylation is 1. The number of ether oxygens (including phenoxy) is 1. The molecule has 0 radical (unpaired) electrons. The molecule has 0 bridgehead atoms. The van der Waals surface area contributed by atoms with Crippen molar-refractivity contribution in [2.75, 3.05) is 11.9 Å². The van der Waals surface area contributed by atoms with Gasteiger partial charge in [-0.25, -0.2) is 4.39 Å². The summed E-state index contributed by atoms with van der Waals surface area (Å²) < 4.78 is 18.9. The molecule has 0 aliphatic carbocycles. The van der Waals surface area contributed by atoms with Crippen molar-refractivity contribution < 1.29 is 18.8 Å². The second-order valence-corrected chi connectivity index (χ2v) is 4.76. The molecule has 0 aliphatic heterocycles. The highest BCUT2D eigenvalue weighted by molar-refractivity contribution is 5.92. The quantitative estimate of drug-likeness (QED) is 0.654. The maximum Gasteiger partial charge on any atom is 0.271 e. The third kappa shape index (κ3) is 4.50. The second kappa shape index (κ2) is 7.35. The summed E-state index contributed by atoms with van der Waals surface area (Å²) in [6.07, 6.45) is 0.836. The minimum atomic E-state index is -0.753. The minimum Gasteiger partial charge on any atom is -0.484 e. The van der Waals surface area contributed by atoms with Crippen molar-refractivity contribution in [2.24, 2.45) is 0 Å². The number of amides is 1. The highest BCUT2D eigenvalue weighted by Gasteiger charge is 2.13. The van der Waals surface area contributed by atoms with Crippen molar-refractivity contribution in [1.29, 1.82) is 0 Å². The maximum absolute atomic E-state index is 13.6. The summed E-state index contributed by atoms with van der Waals surface area (Å²) in [6.45, 7) is 1.67. The zero-order chi connectivity index (χ0) is 16.8. The van der Waals surface area contributed by atoms with E-state index in [4.69, 9.17) is 4.74 Å². The van der Waals surface area contributed by atoms with Gasteiger partial charge in [0.2, 0.25) is 0 Å². The predicted molar refractivity (Wildman–Crippen MR) is 83.0 cm³/mol. The summed E-state index contributed by atoms with van der Waals surface area (Å²) in [5.74, 6) is -0.831. The maximum atomic E-state index is 13.6. The Morgan fingerprint density at radius 1 is 1.30 bits per heavy atom. The zero-order valence-corrected chi connectivity index (χ0v) is 12.4. The number of anilines is 1. The van der Waals surface area contributed by atoms with Crippen LogP contribution < -0.4 is 10.1 Å². The van der Waals surface area contributed by atoms with Crippen LogP contribution >= 0.6 is 0 Å². The third-order valence-electron chi connectivity index (χ3n) is 3.11. The normalized spacial score (nSPS) is 10.2. The van der Waals surface area contributed by atoms with E-state index in [0.29, 0.717) is 5.75 Å². The van der Waals surface area contributed by atoms with Crippen molar-refractivity contribution in [3.63, 3.8) is 0 Å². The van der Waals surface area contributed by atoms with Crippen LogP contribution in [0.4, 0.5) is 15.8 Å². The number of nitrogens with zero attached hydrogens (tertiary/aromatic N) is 1. The molecule has 7 heteroatoms. The van der Waals surface area contributed by atoms with Crippen LogP contribution in [0.15, 0.2) is 42.5 Å². The SMILES string of the molecule is CCc1cccc(OCC(=O)Nc2cc([N+](=O)[O-])ccc2F)c1. The van der Waals surface area contributed by atoms with Gasteiger partial charge in [-0.1, -0.05) is 19.1 Å². The first-order valence-electron chi connectivity index (χ1n) is 6.95. The largest absolute Gasteiger partial charge is 0.484 e. The van der Waals surface area contributed by atoms with Gasteiger partial charge in [-0.2, -0.15) is 0 Å². The monoisotopic (exact) mass is 318 g/mol. The number of hydrogen-bond donors (Lipinski definition) is 1. The number of nitro benzene ring substituents is 1. The van der Waals surface area contributed by atoms with Crippen molar-refractivity contribution >= 4 is 17.3 Å². The lowest BCUT2D eigenvalue weighted by Crippen LogP contribution is -2.20. The minimum absolute atomic E-state index is 0.255. The number of benzene rings is 2. The fourth-order valence-corrected chi connectivity index (χ4v) is 1.91. The van der Waals surface area contributed by atoms with Crippen LogP contribution in [0, 0.1) is 15.9 Å². The van der Waals surface area contributed by atoms with E-state index in [9.17, 15) is 19.3 Å². The Morgan fingerprint density at radius 2 is 2.09 bits per heavy atom. The molecule has 23 heavy (non-hydrogen) atoms. The molecule has 0 saturated heterocycles. The summed E-state index contributed by atoms with van der Waals surface area (Å²) in [4.78, 5) is 21.8. The van der Waals surface area contributed by atoms with Crippen molar-refractivity contribution in [2.45, 2.75) is 13.3 Å². The van der Waals surface area contributed by atoms with Gasteiger partial charge in [-0.15, -0.1) is 0 Å². The Labute approximate surface area is 132 Å². The molecule has 1 amide bonds. The Morgan fingerprint density at radius 3 is 2.78 bits per heavy atom. The van der Waals surface area contributed by atoms with Gasteiger partial charge in [0.25, 0.3) is 11.6 Å². The summed E-state index contributed by atoms with van der Waals surface area (Å²) in [7, 11) is 0. The fraction of sp³-hybridized carbons (Fsp3) is 0.188. The average molecular weight is 318 g/mol. The first kappa shape index (κ1) is 16.4. The van der Waals surface area contributed by atoms with E-state index in [-0.39, 0.29) is 18.0 Å². The molecule has 2 aromatic rings. The van der Waals surface area contributed by atoms with Crippen LogP contribution in [0.3, 0.4) is 0 Å². The zero-order valence-electron chi connectivity index (χ0n) is 12.4. The number of non-ortho nitro benzene ring substituents is 1. The van der Waals surface area contributed by atoms with E-state index >= 15 is 0 Å². The lowest BCUT2D eigenvalue weighted by atomic mass is 10.2. The van der Waals surface area contributed by atoms with Crippen LogP contribution in [-0.4, -0.2) is 17.4 Å². The summed E-state index contributed by atoms with van der Waals surface area (Å²) >= 11 is 0. The summed E-state index contributed by atoms with van der Waals surface area (Å²) in [5, 5.41) is 12.9. The Bertz CT molecular complexity index is 734. The van der Waals surface area contributed by atoms with Gasteiger partial charge in [-0.05, 0) is 30.2 Å². The molecule has 0 heterocycles. The number of nitrogens with one attached hydrogen (secondary N) is 1. The molecule has 2 rings (SSSR count). The van der Waals surface area contributed by atoms with E-state index in [1.54, 1.807) is 12.1 Å². The van der Waals surface area contributed by atoms with E-state index in [2.05, 4.69) is 5.32 Å². The number of nitro groups is 1. The van der Waals surface area contributed by atoms with Crippen molar-refractivity contribution in [3.8, 4) is 5.75 Å². The van der Waals surface area contributed by atoms with Gasteiger partial charge in [0.05, 0.1) is 10.6 Å². The van der Waals surface area contributed by atoms with E-state index in [1.165, 1.54) is 0 Å². The van der Waals surface area contributed by atoms with E-state index < -0.39 is 16.6 Å². The van der Waals surface area contributed by atoms with Crippen LogP contribution in [0.2, 0.25) is 0 Å². The van der Waals surface area contributed by atoms with Gasteiger partial charge in [0, 0.05) is 12.1 Å². The average Bonchev–Trinajstić information content (AvgIpc) is 2.55. The van der Waals surface area contributed by atoms with Crippen molar-refractivity contribution in [3.05, 3.63) is 64.0 Å². The molecule has 1 N–H and O–H groups in total. The van der Waals surface area contributed by atoms with Gasteiger partial charge in [0.1, 0.15) is 11.6 Å². The molecule has 0 unspecified atom stereocenters. The van der Waals surface area contributed by atoms with Crippen molar-refractivity contribution in [1.82, 2.24) is 0 Å². The molecule has 0 fully saturated rings. The van der Waals surface area contributed by atoms with Gasteiger partial charge in [-0.3, -0.25) is 14.9 Å². The molecule has 0 spiro atoms. The number of carbonyl (C=O) groups is 1. The number of carbonyl (C=O) groups excluding carboxylic acids is 1. The molecule has 120 valence electrons. The molecule has 0 aliphatic rings. The molecule has 0 atom stereocenters. The van der Waals surface area contributed by atoms with Crippen LogP contribution in [0.1, 0.15) is 12.5 Å².